The van der Waals surface area contributed by atoms with Gasteiger partial charge in [-0.05, 0) is 60.8 Å². The number of carbonyl (C=O) groups excluding carboxylic acids is 2. The third kappa shape index (κ3) is 3.33. The Bertz CT molecular complexity index is 925. The molecular weight excluding hydrogens is 364 g/mol. The van der Waals surface area contributed by atoms with Crippen LogP contribution in [0, 0.1) is 0 Å². The molecule has 0 unspecified atom stereocenters. The molecule has 1 heterocycles. The van der Waals surface area contributed by atoms with Crippen LogP contribution in [0.3, 0.4) is 0 Å². The zero-order valence-electron chi connectivity index (χ0n) is 12.6. The SMILES string of the molecule is O=C1NC(=S)N(c2ccc(Cl)cc2)C(=O)C1=Cc1cc(O)ccc1O. The summed E-state index contributed by atoms with van der Waals surface area (Å²) < 4.78 is 0. The van der Waals surface area contributed by atoms with E-state index in [0.717, 1.165) is 4.90 Å². The molecule has 1 saturated heterocycles. The molecule has 0 saturated carbocycles. The Labute approximate surface area is 153 Å². The molecule has 1 aliphatic rings. The summed E-state index contributed by atoms with van der Waals surface area (Å²) in [6.07, 6.45) is 1.19. The minimum absolute atomic E-state index is 0.0606. The van der Waals surface area contributed by atoms with Crippen LogP contribution < -0.4 is 10.2 Å². The number of rotatable bonds is 2. The fraction of sp³-hybridized carbons (Fsp3) is 0. The van der Waals surface area contributed by atoms with Crippen molar-refractivity contribution in [1.29, 1.82) is 0 Å². The third-order valence-corrected chi connectivity index (χ3v) is 4.03. The van der Waals surface area contributed by atoms with Gasteiger partial charge in [0.25, 0.3) is 11.8 Å². The Morgan fingerprint density at radius 3 is 2.44 bits per heavy atom. The second-order valence-corrected chi connectivity index (χ2v) is 6.00. The number of nitrogens with zero attached hydrogens (tertiary/aromatic N) is 1. The van der Waals surface area contributed by atoms with E-state index in [1.165, 1.54) is 24.3 Å². The van der Waals surface area contributed by atoms with Gasteiger partial charge < -0.3 is 10.2 Å². The molecule has 6 nitrogen and oxygen atoms in total. The Morgan fingerprint density at radius 2 is 1.76 bits per heavy atom. The van der Waals surface area contributed by atoms with E-state index in [9.17, 15) is 19.8 Å². The van der Waals surface area contributed by atoms with Crippen LogP contribution in [-0.4, -0.2) is 27.1 Å². The maximum atomic E-state index is 12.8. The van der Waals surface area contributed by atoms with Crippen molar-refractivity contribution in [2.45, 2.75) is 0 Å². The van der Waals surface area contributed by atoms with Crippen molar-refractivity contribution in [2.75, 3.05) is 4.90 Å². The third-order valence-electron chi connectivity index (χ3n) is 3.50. The van der Waals surface area contributed by atoms with E-state index >= 15 is 0 Å². The number of amides is 2. The summed E-state index contributed by atoms with van der Waals surface area (Å²) in [5, 5.41) is 22.2. The highest BCUT2D eigenvalue weighted by Gasteiger charge is 2.34. The van der Waals surface area contributed by atoms with Crippen LogP contribution in [0.4, 0.5) is 5.69 Å². The highest BCUT2D eigenvalue weighted by atomic mass is 35.5. The molecule has 8 heteroatoms. The largest absolute Gasteiger partial charge is 0.508 e. The predicted molar refractivity (Wildman–Crippen MR) is 97.4 cm³/mol. The average Bonchev–Trinajstić information content (AvgIpc) is 2.56. The van der Waals surface area contributed by atoms with Crippen LogP contribution in [0.25, 0.3) is 6.08 Å². The first-order chi connectivity index (χ1) is 11.9. The van der Waals surface area contributed by atoms with Gasteiger partial charge in [-0.3, -0.25) is 19.8 Å². The number of benzene rings is 2. The molecule has 3 N–H and O–H groups in total. The Morgan fingerprint density at radius 1 is 1.08 bits per heavy atom. The van der Waals surface area contributed by atoms with E-state index in [-0.39, 0.29) is 27.7 Å². The lowest BCUT2D eigenvalue weighted by Gasteiger charge is -2.29. The van der Waals surface area contributed by atoms with Crippen molar-refractivity contribution >= 4 is 52.5 Å². The van der Waals surface area contributed by atoms with Gasteiger partial charge in [0, 0.05) is 10.6 Å². The van der Waals surface area contributed by atoms with Gasteiger partial charge in [-0.1, -0.05) is 11.6 Å². The van der Waals surface area contributed by atoms with Gasteiger partial charge in [0.2, 0.25) is 0 Å². The summed E-state index contributed by atoms with van der Waals surface area (Å²) in [5.74, 6) is -1.64. The second-order valence-electron chi connectivity index (χ2n) is 5.18. The first-order valence-corrected chi connectivity index (χ1v) is 7.84. The van der Waals surface area contributed by atoms with Gasteiger partial charge in [-0.25, -0.2) is 0 Å². The number of phenolic OH excluding ortho intramolecular Hbond substituents is 2. The van der Waals surface area contributed by atoms with Gasteiger partial charge >= 0.3 is 0 Å². The maximum absolute atomic E-state index is 12.8. The number of anilines is 1. The van der Waals surface area contributed by atoms with Crippen molar-refractivity contribution in [1.82, 2.24) is 5.32 Å². The van der Waals surface area contributed by atoms with Crippen LogP contribution >= 0.6 is 23.8 Å². The van der Waals surface area contributed by atoms with Crippen LogP contribution in [0.5, 0.6) is 11.5 Å². The van der Waals surface area contributed by atoms with Crippen molar-refractivity contribution in [3.63, 3.8) is 0 Å². The molecule has 2 amide bonds. The van der Waals surface area contributed by atoms with Gasteiger partial charge in [0.15, 0.2) is 5.11 Å². The van der Waals surface area contributed by atoms with E-state index in [1.807, 2.05) is 0 Å². The van der Waals surface area contributed by atoms with Crippen LogP contribution in [0.1, 0.15) is 5.56 Å². The Kier molecular flexibility index (Phi) is 4.43. The van der Waals surface area contributed by atoms with Gasteiger partial charge in [0.1, 0.15) is 17.1 Å². The summed E-state index contributed by atoms with van der Waals surface area (Å²) >= 11 is 10.9. The standard InChI is InChI=1S/C17H11ClN2O4S/c18-10-1-3-11(4-2-10)20-16(24)13(15(23)19-17(20)25)8-9-7-12(21)5-6-14(9)22/h1-8,21-22H,(H,19,23,25). The molecule has 0 radical (unpaired) electrons. The summed E-state index contributed by atoms with van der Waals surface area (Å²) in [7, 11) is 0. The molecule has 1 aliphatic heterocycles. The first kappa shape index (κ1) is 16.9. The zero-order chi connectivity index (χ0) is 18.1. The smallest absolute Gasteiger partial charge is 0.270 e. The zero-order valence-corrected chi connectivity index (χ0v) is 14.1. The van der Waals surface area contributed by atoms with Crippen LogP contribution in [-0.2, 0) is 9.59 Å². The topological polar surface area (TPSA) is 89.9 Å². The highest BCUT2D eigenvalue weighted by molar-refractivity contribution is 7.80. The van der Waals surface area contributed by atoms with Crippen molar-refractivity contribution in [2.24, 2.45) is 0 Å². The lowest BCUT2D eigenvalue weighted by atomic mass is 10.1. The minimum atomic E-state index is -0.692. The summed E-state index contributed by atoms with van der Waals surface area (Å²) in [4.78, 5) is 26.1. The molecule has 0 atom stereocenters. The molecule has 1 fully saturated rings. The molecule has 3 rings (SSSR count). The van der Waals surface area contributed by atoms with Gasteiger partial charge in [-0.15, -0.1) is 0 Å². The number of halogens is 1. The Balaban J connectivity index is 2.05. The van der Waals surface area contributed by atoms with E-state index in [1.54, 1.807) is 24.3 Å². The monoisotopic (exact) mass is 374 g/mol. The molecule has 0 spiro atoms. The molecular formula is C17H11ClN2O4S. The van der Waals surface area contributed by atoms with E-state index in [0.29, 0.717) is 10.7 Å². The van der Waals surface area contributed by atoms with E-state index in [2.05, 4.69) is 5.32 Å². The highest BCUT2D eigenvalue weighted by Crippen LogP contribution is 2.27. The molecule has 0 aromatic heterocycles. The molecule has 2 aromatic carbocycles. The fourth-order valence-corrected chi connectivity index (χ4v) is 2.70. The van der Waals surface area contributed by atoms with E-state index < -0.39 is 11.8 Å². The molecule has 0 aliphatic carbocycles. The van der Waals surface area contributed by atoms with E-state index in [4.69, 9.17) is 23.8 Å². The fourth-order valence-electron chi connectivity index (χ4n) is 2.30. The number of nitrogens with one attached hydrogen (secondary N) is 1. The average molecular weight is 375 g/mol. The summed E-state index contributed by atoms with van der Waals surface area (Å²) in [6.45, 7) is 0. The normalized spacial score (nSPS) is 16.3. The molecule has 25 heavy (non-hydrogen) atoms. The summed E-state index contributed by atoms with van der Waals surface area (Å²) in [5.41, 5.74) is 0.331. The predicted octanol–water partition coefficient (Wildman–Crippen LogP) is 2.58. The lowest BCUT2D eigenvalue weighted by molar-refractivity contribution is -0.122. The number of thiocarbonyl (C=S) groups is 1. The molecule has 0 bridgehead atoms. The number of phenols is 2. The van der Waals surface area contributed by atoms with Gasteiger partial charge in [-0.2, -0.15) is 0 Å². The second kappa shape index (κ2) is 6.54. The molecule has 126 valence electrons. The van der Waals surface area contributed by atoms with Gasteiger partial charge in [0.05, 0.1) is 5.69 Å². The number of hydrogen-bond acceptors (Lipinski definition) is 5. The van der Waals surface area contributed by atoms with Crippen molar-refractivity contribution < 1.29 is 19.8 Å². The first-order valence-electron chi connectivity index (χ1n) is 7.06. The van der Waals surface area contributed by atoms with Crippen LogP contribution in [0.2, 0.25) is 5.02 Å². The Hall–Kier alpha value is -2.90. The number of carbonyl (C=O) groups is 2. The van der Waals surface area contributed by atoms with Crippen LogP contribution in [0.15, 0.2) is 48.0 Å². The van der Waals surface area contributed by atoms with Crippen molar-refractivity contribution in [3.05, 3.63) is 58.6 Å². The maximum Gasteiger partial charge on any atom is 0.270 e. The van der Waals surface area contributed by atoms with Crippen molar-refractivity contribution in [3.8, 4) is 11.5 Å². The lowest BCUT2D eigenvalue weighted by Crippen LogP contribution is -2.54. The summed E-state index contributed by atoms with van der Waals surface area (Å²) in [6, 6.07) is 10.1. The quantitative estimate of drug-likeness (QED) is 0.325. The number of aromatic hydroxyl groups is 2. The molecule has 2 aromatic rings. The number of hydrogen-bond donors (Lipinski definition) is 3. The minimum Gasteiger partial charge on any atom is -0.508 e.